The Balaban J connectivity index is 1.64. The van der Waals surface area contributed by atoms with Gasteiger partial charge in [0, 0.05) is 30.9 Å². The number of pyridine rings is 1. The molecule has 9 heteroatoms. The van der Waals surface area contributed by atoms with E-state index in [0.29, 0.717) is 32.0 Å². The van der Waals surface area contributed by atoms with Crippen LogP contribution in [0.4, 0.5) is 14.7 Å². The fourth-order valence-corrected chi connectivity index (χ4v) is 2.72. The van der Waals surface area contributed by atoms with Gasteiger partial charge in [0.25, 0.3) is 6.43 Å². The minimum Gasteiger partial charge on any atom is -0.370 e. The number of rotatable bonds is 5. The number of halogens is 2. The molecule has 0 spiro atoms. The maximum absolute atomic E-state index is 12.8. The molecule has 1 aliphatic heterocycles. The number of tetrazole rings is 1. The van der Waals surface area contributed by atoms with E-state index in [0.717, 1.165) is 11.4 Å². The summed E-state index contributed by atoms with van der Waals surface area (Å²) in [5.41, 5.74) is 1.93. The summed E-state index contributed by atoms with van der Waals surface area (Å²) < 4.78 is 32.5. The van der Waals surface area contributed by atoms with Gasteiger partial charge in [0.05, 0.1) is 13.2 Å². The molecule has 0 amide bonds. The highest BCUT2D eigenvalue weighted by Crippen LogP contribution is 2.18. The first-order valence-electron chi connectivity index (χ1n) is 7.97. The van der Waals surface area contributed by atoms with Gasteiger partial charge in [-0.3, -0.25) is 4.98 Å². The predicted octanol–water partition coefficient (Wildman–Crippen LogP) is 1.48. The Morgan fingerprint density at radius 3 is 3.00 bits per heavy atom. The summed E-state index contributed by atoms with van der Waals surface area (Å²) in [6.07, 6.45) is -2.53. The van der Waals surface area contributed by atoms with E-state index in [1.165, 1.54) is 0 Å². The van der Waals surface area contributed by atoms with Crippen LogP contribution < -0.4 is 4.90 Å². The van der Waals surface area contributed by atoms with E-state index >= 15 is 0 Å². The molecule has 0 saturated carbocycles. The molecule has 24 heavy (non-hydrogen) atoms. The van der Waals surface area contributed by atoms with Crippen LogP contribution in [-0.4, -0.2) is 57.4 Å². The monoisotopic (exact) mass is 338 g/mol. The topological polar surface area (TPSA) is 69.0 Å². The standard InChI is InChI=1S/C15H20F2N6O/c1-11-3-2-4-12(18-11)5-8-23-15(19-20-21-23)22-7-6-13(14(16)17)24-10-9-22/h2-4,13-14H,5-10H2,1H3. The van der Waals surface area contributed by atoms with Gasteiger partial charge in [-0.25, -0.2) is 13.5 Å². The molecule has 2 aromatic heterocycles. The van der Waals surface area contributed by atoms with Gasteiger partial charge in [-0.2, -0.15) is 0 Å². The average Bonchev–Trinajstić information content (AvgIpc) is 2.88. The molecule has 0 aliphatic carbocycles. The first kappa shape index (κ1) is 16.7. The van der Waals surface area contributed by atoms with Crippen LogP contribution in [0.25, 0.3) is 0 Å². The molecule has 0 N–H and O–H groups in total. The summed E-state index contributed by atoms with van der Waals surface area (Å²) in [5, 5.41) is 11.8. The fraction of sp³-hybridized carbons (Fsp3) is 0.600. The molecule has 1 saturated heterocycles. The lowest BCUT2D eigenvalue weighted by Crippen LogP contribution is -2.30. The van der Waals surface area contributed by atoms with Crippen LogP contribution in [0.2, 0.25) is 0 Å². The first-order valence-corrected chi connectivity index (χ1v) is 7.97. The number of anilines is 1. The molecular formula is C15H20F2N6O. The van der Waals surface area contributed by atoms with Crippen molar-refractivity contribution in [2.24, 2.45) is 0 Å². The normalized spacial score (nSPS) is 18.8. The van der Waals surface area contributed by atoms with Crippen molar-refractivity contribution in [1.29, 1.82) is 0 Å². The Morgan fingerprint density at radius 1 is 1.33 bits per heavy atom. The Hall–Kier alpha value is -2.16. The molecule has 1 fully saturated rings. The minimum absolute atomic E-state index is 0.237. The van der Waals surface area contributed by atoms with Crippen LogP contribution in [-0.2, 0) is 17.7 Å². The van der Waals surface area contributed by atoms with Gasteiger partial charge in [-0.1, -0.05) is 11.2 Å². The van der Waals surface area contributed by atoms with E-state index in [4.69, 9.17) is 4.74 Å². The molecule has 130 valence electrons. The zero-order valence-corrected chi connectivity index (χ0v) is 13.5. The van der Waals surface area contributed by atoms with Crippen LogP contribution in [0.3, 0.4) is 0 Å². The fourth-order valence-electron chi connectivity index (χ4n) is 2.72. The van der Waals surface area contributed by atoms with Crippen molar-refractivity contribution >= 4 is 5.95 Å². The number of hydrogen-bond acceptors (Lipinski definition) is 6. The van der Waals surface area contributed by atoms with Crippen molar-refractivity contribution in [3.8, 4) is 0 Å². The van der Waals surface area contributed by atoms with Crippen molar-refractivity contribution in [3.05, 3.63) is 29.6 Å². The van der Waals surface area contributed by atoms with Crippen molar-refractivity contribution in [2.75, 3.05) is 24.6 Å². The highest BCUT2D eigenvalue weighted by atomic mass is 19.3. The van der Waals surface area contributed by atoms with Crippen molar-refractivity contribution in [1.82, 2.24) is 25.2 Å². The number of aryl methyl sites for hydroxylation is 3. The van der Waals surface area contributed by atoms with Gasteiger partial charge >= 0.3 is 0 Å². The SMILES string of the molecule is Cc1cccc(CCn2nnnc2N2CCOC(C(F)F)CC2)n1. The van der Waals surface area contributed by atoms with E-state index < -0.39 is 12.5 Å². The quantitative estimate of drug-likeness (QED) is 0.822. The van der Waals surface area contributed by atoms with Gasteiger partial charge < -0.3 is 9.64 Å². The summed E-state index contributed by atoms with van der Waals surface area (Å²) in [7, 11) is 0. The zero-order valence-electron chi connectivity index (χ0n) is 13.5. The van der Waals surface area contributed by atoms with Crippen LogP contribution in [0.5, 0.6) is 0 Å². The van der Waals surface area contributed by atoms with Gasteiger partial charge in [0.15, 0.2) is 0 Å². The van der Waals surface area contributed by atoms with E-state index in [1.54, 1.807) is 4.68 Å². The average molecular weight is 338 g/mol. The van der Waals surface area contributed by atoms with Crippen molar-refractivity contribution in [2.45, 2.75) is 38.8 Å². The highest BCUT2D eigenvalue weighted by molar-refractivity contribution is 5.28. The molecule has 1 atom stereocenters. The van der Waals surface area contributed by atoms with Gasteiger partial charge in [-0.15, -0.1) is 0 Å². The minimum atomic E-state index is -2.46. The Bertz CT molecular complexity index is 665. The van der Waals surface area contributed by atoms with E-state index in [1.807, 2.05) is 30.0 Å². The third-order valence-electron chi connectivity index (χ3n) is 3.98. The lowest BCUT2D eigenvalue weighted by Gasteiger charge is -2.20. The van der Waals surface area contributed by atoms with Gasteiger partial charge in [0.1, 0.15) is 6.10 Å². The van der Waals surface area contributed by atoms with Crippen LogP contribution in [0.1, 0.15) is 17.8 Å². The lowest BCUT2D eigenvalue weighted by atomic mass is 10.2. The number of alkyl halides is 2. The summed E-state index contributed by atoms with van der Waals surface area (Å²) >= 11 is 0. The predicted molar refractivity (Wildman–Crippen MR) is 83.1 cm³/mol. The Kier molecular flexibility index (Phi) is 5.29. The molecule has 3 heterocycles. The molecule has 1 aliphatic rings. The third-order valence-corrected chi connectivity index (χ3v) is 3.98. The van der Waals surface area contributed by atoms with Crippen molar-refractivity contribution in [3.63, 3.8) is 0 Å². The summed E-state index contributed by atoms with van der Waals surface area (Å²) in [6.45, 7) is 3.70. The lowest BCUT2D eigenvalue weighted by molar-refractivity contribution is -0.0493. The Morgan fingerprint density at radius 2 is 2.21 bits per heavy atom. The zero-order chi connectivity index (χ0) is 16.9. The number of aromatic nitrogens is 5. The van der Waals surface area contributed by atoms with E-state index in [9.17, 15) is 8.78 Å². The molecule has 3 rings (SSSR count). The van der Waals surface area contributed by atoms with Crippen LogP contribution in [0.15, 0.2) is 18.2 Å². The summed E-state index contributed by atoms with van der Waals surface area (Å²) in [6, 6.07) is 5.88. The van der Waals surface area contributed by atoms with E-state index in [-0.39, 0.29) is 13.0 Å². The molecule has 0 bridgehead atoms. The molecule has 0 radical (unpaired) electrons. The summed E-state index contributed by atoms with van der Waals surface area (Å²) in [5.74, 6) is 0.584. The maximum atomic E-state index is 12.8. The van der Waals surface area contributed by atoms with Gasteiger partial charge in [-0.05, 0) is 35.9 Å². The number of ether oxygens (including phenoxy) is 1. The number of hydrogen-bond donors (Lipinski definition) is 0. The maximum Gasteiger partial charge on any atom is 0.264 e. The largest absolute Gasteiger partial charge is 0.370 e. The second-order valence-electron chi connectivity index (χ2n) is 5.74. The molecular weight excluding hydrogens is 318 g/mol. The third kappa shape index (κ3) is 4.02. The highest BCUT2D eigenvalue weighted by Gasteiger charge is 2.27. The van der Waals surface area contributed by atoms with E-state index in [2.05, 4.69) is 20.5 Å². The first-order chi connectivity index (χ1) is 11.6. The summed E-state index contributed by atoms with van der Waals surface area (Å²) in [4.78, 5) is 6.36. The molecule has 7 nitrogen and oxygen atoms in total. The van der Waals surface area contributed by atoms with Crippen molar-refractivity contribution < 1.29 is 13.5 Å². The second-order valence-corrected chi connectivity index (χ2v) is 5.74. The smallest absolute Gasteiger partial charge is 0.264 e. The second kappa shape index (κ2) is 7.61. The van der Waals surface area contributed by atoms with Crippen LogP contribution >= 0.6 is 0 Å². The van der Waals surface area contributed by atoms with Crippen LogP contribution in [0, 0.1) is 6.92 Å². The Labute approximate surface area is 138 Å². The van der Waals surface area contributed by atoms with Gasteiger partial charge in [0.2, 0.25) is 5.95 Å². The molecule has 0 aromatic carbocycles. The molecule has 2 aromatic rings. The molecule has 1 unspecified atom stereocenters. The number of nitrogens with zero attached hydrogens (tertiary/aromatic N) is 6.